The van der Waals surface area contributed by atoms with Gasteiger partial charge >= 0.3 is 5.97 Å². The van der Waals surface area contributed by atoms with Crippen molar-refractivity contribution in [2.24, 2.45) is 0 Å². The number of aliphatic carboxylic acids is 1. The van der Waals surface area contributed by atoms with Crippen molar-refractivity contribution in [2.75, 3.05) is 26.0 Å². The minimum Gasteiger partial charge on any atom is -0.480 e. The fraction of sp³-hybridized carbons (Fsp3) is 0.500. The molecule has 0 aliphatic carbocycles. The van der Waals surface area contributed by atoms with Crippen molar-refractivity contribution in [2.45, 2.75) is 23.6 Å². The molecular formula is C14H19NO4S. The van der Waals surface area contributed by atoms with Crippen LogP contribution in [0.5, 0.6) is 0 Å². The number of carboxylic acid groups (broad SMARTS) is 1. The van der Waals surface area contributed by atoms with Gasteiger partial charge in [0.2, 0.25) is 0 Å². The van der Waals surface area contributed by atoms with Gasteiger partial charge in [0, 0.05) is 10.6 Å². The molecule has 1 unspecified atom stereocenters. The van der Waals surface area contributed by atoms with Gasteiger partial charge in [0.15, 0.2) is 6.29 Å². The van der Waals surface area contributed by atoms with Gasteiger partial charge in [-0.15, -0.1) is 11.8 Å². The van der Waals surface area contributed by atoms with Gasteiger partial charge in [0.05, 0.1) is 13.2 Å². The van der Waals surface area contributed by atoms with Crippen LogP contribution >= 0.6 is 11.8 Å². The predicted octanol–water partition coefficient (Wildman–Crippen LogP) is 1.37. The molecule has 0 amide bonds. The Morgan fingerprint density at radius 2 is 2.05 bits per heavy atom. The molecular weight excluding hydrogens is 278 g/mol. The maximum atomic E-state index is 11.0. The first-order valence-electron chi connectivity index (χ1n) is 6.54. The number of carbonyl (C=O) groups is 1. The summed E-state index contributed by atoms with van der Waals surface area (Å²) in [6.07, 6.45) is 0.367. The highest BCUT2D eigenvalue weighted by Crippen LogP contribution is 2.22. The summed E-state index contributed by atoms with van der Waals surface area (Å²) >= 11 is 1.68. The van der Waals surface area contributed by atoms with Crippen molar-refractivity contribution >= 4 is 17.7 Å². The molecule has 1 aromatic carbocycles. The maximum absolute atomic E-state index is 11.0. The van der Waals surface area contributed by atoms with Crippen molar-refractivity contribution in [1.29, 1.82) is 0 Å². The Morgan fingerprint density at radius 1 is 1.40 bits per heavy atom. The van der Waals surface area contributed by atoms with Crippen LogP contribution in [0.25, 0.3) is 0 Å². The van der Waals surface area contributed by atoms with Crippen molar-refractivity contribution < 1.29 is 19.4 Å². The lowest BCUT2D eigenvalue weighted by Crippen LogP contribution is -2.35. The number of rotatable bonds is 7. The summed E-state index contributed by atoms with van der Waals surface area (Å²) in [7, 11) is 1.66. The summed E-state index contributed by atoms with van der Waals surface area (Å²) in [6, 6.07) is 7.39. The average Bonchev–Trinajstić information content (AvgIpc) is 2.96. The molecule has 110 valence electrons. The highest BCUT2D eigenvalue weighted by atomic mass is 32.2. The second-order valence-electron chi connectivity index (χ2n) is 4.51. The number of hydrogen-bond acceptors (Lipinski definition) is 5. The highest BCUT2D eigenvalue weighted by molar-refractivity contribution is 7.99. The molecule has 1 aromatic rings. The Balaban J connectivity index is 1.84. The van der Waals surface area contributed by atoms with Gasteiger partial charge < -0.3 is 19.9 Å². The number of thioether (sulfide) groups is 1. The van der Waals surface area contributed by atoms with Crippen LogP contribution in [0.3, 0.4) is 0 Å². The van der Waals surface area contributed by atoms with Gasteiger partial charge in [-0.2, -0.15) is 0 Å². The van der Waals surface area contributed by atoms with E-state index < -0.39 is 12.0 Å². The van der Waals surface area contributed by atoms with Gasteiger partial charge in [-0.1, -0.05) is 12.1 Å². The first-order chi connectivity index (χ1) is 9.69. The minimum atomic E-state index is -0.832. The molecule has 20 heavy (non-hydrogen) atoms. The third-order valence-electron chi connectivity index (χ3n) is 3.09. The molecule has 1 aliphatic rings. The average molecular weight is 297 g/mol. The Hall–Kier alpha value is -1.08. The van der Waals surface area contributed by atoms with Gasteiger partial charge in [-0.3, -0.25) is 4.79 Å². The van der Waals surface area contributed by atoms with Crippen molar-refractivity contribution in [3.05, 3.63) is 29.8 Å². The van der Waals surface area contributed by atoms with Crippen LogP contribution in [-0.4, -0.2) is 49.4 Å². The number of carboxylic acids is 1. The number of benzene rings is 1. The molecule has 1 saturated heterocycles. The lowest BCUT2D eigenvalue weighted by atomic mass is 10.1. The van der Waals surface area contributed by atoms with Crippen molar-refractivity contribution in [3.63, 3.8) is 0 Å². The first kappa shape index (κ1) is 15.3. The molecule has 0 spiro atoms. The SMILES string of the molecule is CNC(Cc1ccc(SCC2OCCO2)cc1)C(=O)O. The van der Waals surface area contributed by atoms with E-state index >= 15 is 0 Å². The first-order valence-corrected chi connectivity index (χ1v) is 7.52. The van der Waals surface area contributed by atoms with E-state index in [1.807, 2.05) is 24.3 Å². The Labute approximate surface area is 122 Å². The zero-order valence-electron chi connectivity index (χ0n) is 11.4. The molecule has 0 bridgehead atoms. The van der Waals surface area contributed by atoms with Crippen molar-refractivity contribution in [1.82, 2.24) is 5.32 Å². The zero-order valence-corrected chi connectivity index (χ0v) is 12.2. The molecule has 1 atom stereocenters. The molecule has 2 N–H and O–H groups in total. The quantitative estimate of drug-likeness (QED) is 0.741. The van der Waals surface area contributed by atoms with Crippen LogP contribution in [0, 0.1) is 0 Å². The lowest BCUT2D eigenvalue weighted by Gasteiger charge is -2.12. The van der Waals surface area contributed by atoms with Crippen LogP contribution < -0.4 is 5.32 Å². The van der Waals surface area contributed by atoms with E-state index in [2.05, 4.69) is 5.32 Å². The Bertz CT molecular complexity index is 431. The van der Waals surface area contributed by atoms with Gasteiger partial charge in [-0.05, 0) is 31.2 Å². The topological polar surface area (TPSA) is 67.8 Å². The minimum absolute atomic E-state index is 0.111. The lowest BCUT2D eigenvalue weighted by molar-refractivity contribution is -0.139. The predicted molar refractivity (Wildman–Crippen MR) is 77.0 cm³/mol. The number of likely N-dealkylation sites (N-methyl/N-ethyl adjacent to an activating group) is 1. The summed E-state index contributed by atoms with van der Waals surface area (Å²) < 4.78 is 10.8. The van der Waals surface area contributed by atoms with Crippen LogP contribution in [0.15, 0.2) is 29.2 Å². The summed E-state index contributed by atoms with van der Waals surface area (Å²) in [5.41, 5.74) is 1.00. The highest BCUT2D eigenvalue weighted by Gasteiger charge is 2.17. The fourth-order valence-corrected chi connectivity index (χ4v) is 2.79. The molecule has 1 fully saturated rings. The van der Waals surface area contributed by atoms with Gasteiger partial charge in [-0.25, -0.2) is 0 Å². The van der Waals surface area contributed by atoms with E-state index in [0.717, 1.165) is 16.2 Å². The third kappa shape index (κ3) is 4.49. The number of ether oxygens (including phenoxy) is 2. The molecule has 0 radical (unpaired) electrons. The summed E-state index contributed by atoms with van der Waals surface area (Å²) in [5, 5.41) is 11.8. The largest absolute Gasteiger partial charge is 0.480 e. The normalized spacial score (nSPS) is 17.2. The van der Waals surface area contributed by atoms with Gasteiger partial charge in [0.1, 0.15) is 6.04 Å². The number of hydrogen-bond donors (Lipinski definition) is 2. The zero-order chi connectivity index (χ0) is 14.4. The second kappa shape index (κ2) is 7.64. The van der Waals surface area contributed by atoms with Crippen LogP contribution in [-0.2, 0) is 20.7 Å². The van der Waals surface area contributed by atoms with Gasteiger partial charge in [0.25, 0.3) is 0 Å². The molecule has 0 aromatic heterocycles. The van der Waals surface area contributed by atoms with Crippen LogP contribution in [0.4, 0.5) is 0 Å². The van der Waals surface area contributed by atoms with Crippen LogP contribution in [0.2, 0.25) is 0 Å². The summed E-state index contributed by atoms with van der Waals surface area (Å²) in [4.78, 5) is 12.1. The third-order valence-corrected chi connectivity index (χ3v) is 4.13. The molecule has 1 aliphatic heterocycles. The Kier molecular flexibility index (Phi) is 5.85. The molecule has 1 heterocycles. The second-order valence-corrected chi connectivity index (χ2v) is 5.60. The standard InChI is InChI=1S/C14H19NO4S/c1-15-12(14(16)17)8-10-2-4-11(5-3-10)20-9-13-18-6-7-19-13/h2-5,12-13,15H,6-9H2,1H3,(H,16,17). The molecule has 0 saturated carbocycles. The van der Waals surface area contributed by atoms with E-state index in [1.165, 1.54) is 0 Å². The summed E-state index contributed by atoms with van der Waals surface area (Å²) in [5.74, 6) is -0.0605. The Morgan fingerprint density at radius 3 is 2.60 bits per heavy atom. The number of nitrogens with one attached hydrogen (secondary N) is 1. The van der Waals surface area contributed by atoms with Crippen molar-refractivity contribution in [3.8, 4) is 0 Å². The summed E-state index contributed by atoms with van der Waals surface area (Å²) in [6.45, 7) is 1.34. The monoisotopic (exact) mass is 297 g/mol. The maximum Gasteiger partial charge on any atom is 0.321 e. The van der Waals surface area contributed by atoms with E-state index in [-0.39, 0.29) is 6.29 Å². The van der Waals surface area contributed by atoms with E-state index in [1.54, 1.807) is 18.8 Å². The smallest absolute Gasteiger partial charge is 0.321 e. The van der Waals surface area contributed by atoms with E-state index in [9.17, 15) is 4.79 Å². The fourth-order valence-electron chi connectivity index (χ4n) is 1.94. The molecule has 2 rings (SSSR count). The van der Waals surface area contributed by atoms with E-state index in [4.69, 9.17) is 14.6 Å². The molecule has 5 nitrogen and oxygen atoms in total. The van der Waals surface area contributed by atoms with Crippen LogP contribution in [0.1, 0.15) is 5.56 Å². The van der Waals surface area contributed by atoms with E-state index in [0.29, 0.717) is 19.6 Å². The molecule has 6 heteroatoms.